The molecule has 2 aromatic carbocycles. The fourth-order valence-corrected chi connectivity index (χ4v) is 7.47. The zero-order chi connectivity index (χ0) is 37.9. The van der Waals surface area contributed by atoms with Crippen LogP contribution in [0.4, 0.5) is 31.8 Å². The molecule has 2 aromatic heterocycles. The van der Waals surface area contributed by atoms with Crippen LogP contribution in [0.3, 0.4) is 0 Å². The molecular weight excluding hydrogens is 702 g/mol. The number of rotatable bonds is 6. The van der Waals surface area contributed by atoms with E-state index in [2.05, 4.69) is 19.9 Å². The van der Waals surface area contributed by atoms with Gasteiger partial charge in [0, 0.05) is 49.6 Å². The lowest BCUT2D eigenvalue weighted by molar-refractivity contribution is -0.119. The SMILES string of the molecule is C[C@@H]1Cc2ccccc2N1C(=O)Cc1nc(N2CCOCC2)c(F)c(=O)[nH]1.C[C@H]1Cc2ccccc2N1C(=O)Cc1nc(N2CCOCC2)c(F)c(=O)[nH]1. The van der Waals surface area contributed by atoms with Crippen LogP contribution in [0.2, 0.25) is 0 Å². The summed E-state index contributed by atoms with van der Waals surface area (Å²) in [6.07, 6.45) is 1.39. The van der Waals surface area contributed by atoms with Crippen molar-refractivity contribution >= 4 is 34.8 Å². The zero-order valence-corrected chi connectivity index (χ0v) is 30.1. The van der Waals surface area contributed by atoms with E-state index >= 15 is 0 Å². The van der Waals surface area contributed by atoms with Crippen LogP contribution in [-0.4, -0.2) is 96.4 Å². The van der Waals surface area contributed by atoms with Crippen molar-refractivity contribution in [2.45, 2.75) is 51.6 Å². The Morgan fingerprint density at radius 3 is 1.43 bits per heavy atom. The number of aromatic nitrogens is 4. The summed E-state index contributed by atoms with van der Waals surface area (Å²) >= 11 is 0. The third-order valence-electron chi connectivity index (χ3n) is 10.00. The lowest BCUT2D eigenvalue weighted by Crippen LogP contribution is -2.40. The topological polar surface area (TPSA) is 157 Å². The standard InChI is InChI=1S/2C19H21FN4O3/c2*1-12-10-13-4-2-3-5-14(13)24(12)16(25)11-15-21-18(17(20)19(26)22-15)23-6-8-27-9-7-23/h2*2-5,12H,6-11H2,1H3,(H,21,22,26)/t2*12-/m10/s1. The molecule has 0 saturated carbocycles. The second-order valence-corrected chi connectivity index (χ2v) is 13.7. The highest BCUT2D eigenvalue weighted by Crippen LogP contribution is 2.33. The number of morpholine rings is 2. The largest absolute Gasteiger partial charge is 0.378 e. The van der Waals surface area contributed by atoms with Crippen molar-refractivity contribution in [2.24, 2.45) is 0 Å². The molecule has 4 aliphatic rings. The second kappa shape index (κ2) is 15.9. The average molecular weight is 745 g/mol. The van der Waals surface area contributed by atoms with Gasteiger partial charge in [0.2, 0.25) is 23.4 Å². The van der Waals surface area contributed by atoms with Crippen LogP contribution < -0.4 is 30.7 Å². The Kier molecular flexibility index (Phi) is 10.8. The number of fused-ring (bicyclic) bond motifs is 2. The van der Waals surface area contributed by atoms with Crippen LogP contribution >= 0.6 is 0 Å². The van der Waals surface area contributed by atoms with Crippen molar-refractivity contribution in [3.05, 3.63) is 104 Å². The molecule has 8 rings (SSSR count). The Bertz CT molecular complexity index is 2000. The minimum absolute atomic E-state index is 0.0141. The monoisotopic (exact) mass is 744 g/mol. The predicted octanol–water partition coefficient (Wildman–Crippen LogP) is 2.53. The molecule has 0 radical (unpaired) electrons. The summed E-state index contributed by atoms with van der Waals surface area (Å²) in [7, 11) is 0. The van der Waals surface area contributed by atoms with Crippen molar-refractivity contribution in [1.29, 1.82) is 0 Å². The number of benzene rings is 2. The Labute approximate surface area is 309 Å². The number of hydrogen-bond donors (Lipinski definition) is 2. The number of amides is 2. The molecule has 14 nitrogen and oxygen atoms in total. The van der Waals surface area contributed by atoms with Gasteiger partial charge in [-0.05, 0) is 49.9 Å². The summed E-state index contributed by atoms with van der Waals surface area (Å²) in [5, 5.41) is 0. The van der Waals surface area contributed by atoms with E-state index in [4.69, 9.17) is 9.47 Å². The minimum Gasteiger partial charge on any atom is -0.378 e. The first kappa shape index (κ1) is 36.9. The molecule has 4 aromatic rings. The van der Waals surface area contributed by atoms with Gasteiger partial charge in [-0.3, -0.25) is 19.2 Å². The van der Waals surface area contributed by atoms with Crippen molar-refractivity contribution in [3.8, 4) is 0 Å². The van der Waals surface area contributed by atoms with E-state index in [0.717, 1.165) is 35.3 Å². The van der Waals surface area contributed by atoms with Crippen LogP contribution in [0.5, 0.6) is 0 Å². The van der Waals surface area contributed by atoms with Crippen molar-refractivity contribution < 1.29 is 27.8 Å². The van der Waals surface area contributed by atoms with Gasteiger partial charge in [-0.25, -0.2) is 9.97 Å². The molecular formula is C38H42F2N8O6. The Hall–Kier alpha value is -5.48. The number of hydrogen-bond acceptors (Lipinski definition) is 10. The number of nitrogens with one attached hydrogen (secondary N) is 2. The molecule has 16 heteroatoms. The molecule has 6 heterocycles. The van der Waals surface area contributed by atoms with E-state index in [1.165, 1.54) is 0 Å². The molecule has 2 amide bonds. The minimum atomic E-state index is -0.923. The van der Waals surface area contributed by atoms with Gasteiger partial charge in [0.05, 0.1) is 39.3 Å². The first-order valence-electron chi connectivity index (χ1n) is 18.1. The smallest absolute Gasteiger partial charge is 0.289 e. The van der Waals surface area contributed by atoms with E-state index in [-0.39, 0.29) is 60.0 Å². The lowest BCUT2D eigenvalue weighted by atomic mass is 10.1. The summed E-state index contributed by atoms with van der Waals surface area (Å²) in [5.41, 5.74) is 2.29. The summed E-state index contributed by atoms with van der Waals surface area (Å²) in [4.78, 5) is 69.9. The van der Waals surface area contributed by atoms with Crippen LogP contribution in [0.1, 0.15) is 36.6 Å². The van der Waals surface area contributed by atoms with E-state index in [9.17, 15) is 28.0 Å². The molecule has 0 aliphatic carbocycles. The van der Waals surface area contributed by atoms with Gasteiger partial charge < -0.3 is 39.0 Å². The summed E-state index contributed by atoms with van der Waals surface area (Å²) in [6.45, 7) is 7.59. The maximum atomic E-state index is 14.3. The van der Waals surface area contributed by atoms with Crippen LogP contribution in [0, 0.1) is 11.6 Å². The summed E-state index contributed by atoms with van der Waals surface area (Å²) < 4.78 is 39.1. The quantitative estimate of drug-likeness (QED) is 0.301. The molecule has 54 heavy (non-hydrogen) atoms. The number of para-hydroxylation sites is 2. The van der Waals surface area contributed by atoms with Crippen LogP contribution in [0.25, 0.3) is 0 Å². The summed E-state index contributed by atoms with van der Waals surface area (Å²) in [6, 6.07) is 15.6. The fourth-order valence-electron chi connectivity index (χ4n) is 7.47. The zero-order valence-electron chi connectivity index (χ0n) is 30.1. The first-order valence-corrected chi connectivity index (χ1v) is 18.1. The van der Waals surface area contributed by atoms with Gasteiger partial charge in [0.25, 0.3) is 11.1 Å². The molecule has 2 atom stereocenters. The molecule has 0 bridgehead atoms. The number of carbonyl (C=O) groups excluding carboxylic acids is 2. The van der Waals surface area contributed by atoms with Gasteiger partial charge in [-0.15, -0.1) is 0 Å². The lowest BCUT2D eigenvalue weighted by Gasteiger charge is -2.28. The molecule has 2 N–H and O–H groups in total. The highest BCUT2D eigenvalue weighted by atomic mass is 19.1. The third-order valence-corrected chi connectivity index (χ3v) is 10.00. The first-order chi connectivity index (χ1) is 26.1. The second-order valence-electron chi connectivity index (χ2n) is 13.7. The van der Waals surface area contributed by atoms with Gasteiger partial charge in [0.1, 0.15) is 11.6 Å². The summed E-state index contributed by atoms with van der Waals surface area (Å²) in [5.74, 6) is -1.88. The van der Waals surface area contributed by atoms with E-state index in [1.807, 2.05) is 62.4 Å². The normalized spacial score (nSPS) is 19.3. The maximum absolute atomic E-state index is 14.3. The number of aromatic amines is 2. The predicted molar refractivity (Wildman–Crippen MR) is 197 cm³/mol. The number of halogens is 2. The Morgan fingerprint density at radius 2 is 1.04 bits per heavy atom. The molecule has 4 aliphatic heterocycles. The van der Waals surface area contributed by atoms with E-state index in [1.54, 1.807) is 19.6 Å². The van der Waals surface area contributed by atoms with Gasteiger partial charge in [-0.2, -0.15) is 8.78 Å². The number of ether oxygens (including phenoxy) is 2. The Morgan fingerprint density at radius 1 is 0.667 bits per heavy atom. The highest BCUT2D eigenvalue weighted by Gasteiger charge is 2.33. The Balaban J connectivity index is 0.000000167. The highest BCUT2D eigenvalue weighted by molar-refractivity contribution is 5.97. The number of anilines is 4. The number of carbonyl (C=O) groups is 2. The third kappa shape index (κ3) is 7.61. The van der Waals surface area contributed by atoms with Gasteiger partial charge in [-0.1, -0.05) is 36.4 Å². The number of nitrogens with zero attached hydrogens (tertiary/aromatic N) is 6. The van der Waals surface area contributed by atoms with Gasteiger partial charge >= 0.3 is 0 Å². The molecule has 2 saturated heterocycles. The van der Waals surface area contributed by atoms with Crippen molar-refractivity contribution in [1.82, 2.24) is 19.9 Å². The maximum Gasteiger partial charge on any atom is 0.289 e. The molecule has 2 fully saturated rings. The van der Waals surface area contributed by atoms with Crippen molar-refractivity contribution in [3.63, 3.8) is 0 Å². The van der Waals surface area contributed by atoms with Crippen LogP contribution in [-0.2, 0) is 44.7 Å². The molecule has 0 unspecified atom stereocenters. The van der Waals surface area contributed by atoms with E-state index < -0.39 is 22.8 Å². The van der Waals surface area contributed by atoms with Crippen LogP contribution in [0.15, 0.2) is 58.1 Å². The fraction of sp³-hybridized carbons (Fsp3) is 0.421. The number of H-pyrrole nitrogens is 2. The van der Waals surface area contributed by atoms with Gasteiger partial charge in [0.15, 0.2) is 11.6 Å². The molecule has 284 valence electrons. The average Bonchev–Trinajstić information content (AvgIpc) is 3.70. The van der Waals surface area contributed by atoms with E-state index in [0.29, 0.717) is 52.6 Å². The molecule has 0 spiro atoms. The van der Waals surface area contributed by atoms with Crippen molar-refractivity contribution in [2.75, 3.05) is 72.2 Å².